The van der Waals surface area contributed by atoms with Gasteiger partial charge in [0.2, 0.25) is 5.91 Å². The molecule has 0 unspecified atom stereocenters. The summed E-state index contributed by atoms with van der Waals surface area (Å²) < 4.78 is 1.03. The minimum atomic E-state index is -0.295. The predicted molar refractivity (Wildman–Crippen MR) is 79.2 cm³/mol. The molecule has 0 aliphatic carbocycles. The number of rotatable bonds is 3. The highest BCUT2D eigenvalue weighted by Gasteiger charge is 2.19. The van der Waals surface area contributed by atoms with Crippen molar-refractivity contribution in [2.24, 2.45) is 0 Å². The zero-order valence-electron chi connectivity index (χ0n) is 11.0. The summed E-state index contributed by atoms with van der Waals surface area (Å²) in [6.45, 7) is 3.80. The Labute approximate surface area is 121 Å². The molecule has 1 fully saturated rings. The standard InChI is InChI=1S/C14H19BrN2O2/c1-10-7-11(4-5-13(10)15)16-14(19)9-17-6-2-3-12(18)8-17/h4-5,7,12,18H,2-3,6,8-9H2,1H3,(H,16,19)/t12-/m0/s1. The van der Waals surface area contributed by atoms with E-state index in [2.05, 4.69) is 21.2 Å². The zero-order chi connectivity index (χ0) is 13.8. The average Bonchev–Trinajstić information content (AvgIpc) is 2.34. The second-order valence-corrected chi connectivity index (χ2v) is 5.90. The van der Waals surface area contributed by atoms with Gasteiger partial charge in [0.25, 0.3) is 0 Å². The Morgan fingerprint density at radius 2 is 2.37 bits per heavy atom. The highest BCUT2D eigenvalue weighted by Crippen LogP contribution is 2.20. The van der Waals surface area contributed by atoms with Crippen LogP contribution in [0.5, 0.6) is 0 Å². The van der Waals surface area contributed by atoms with Crippen LogP contribution in [0.15, 0.2) is 22.7 Å². The largest absolute Gasteiger partial charge is 0.392 e. The Kier molecular flexibility index (Phi) is 4.96. The fourth-order valence-electron chi connectivity index (χ4n) is 2.30. The molecule has 19 heavy (non-hydrogen) atoms. The highest BCUT2D eigenvalue weighted by atomic mass is 79.9. The van der Waals surface area contributed by atoms with Crippen molar-refractivity contribution < 1.29 is 9.90 Å². The quantitative estimate of drug-likeness (QED) is 0.894. The predicted octanol–water partition coefficient (Wildman–Crippen LogP) is 2.15. The van der Waals surface area contributed by atoms with E-state index in [1.807, 2.05) is 30.0 Å². The first-order valence-electron chi connectivity index (χ1n) is 6.51. The second-order valence-electron chi connectivity index (χ2n) is 5.04. The molecule has 1 saturated heterocycles. The normalized spacial score (nSPS) is 20.3. The number of carbonyl (C=O) groups is 1. The number of nitrogens with one attached hydrogen (secondary N) is 1. The maximum Gasteiger partial charge on any atom is 0.238 e. The molecular formula is C14H19BrN2O2. The van der Waals surface area contributed by atoms with Crippen LogP contribution in [0.25, 0.3) is 0 Å². The number of aliphatic hydroxyl groups excluding tert-OH is 1. The number of halogens is 1. The molecule has 0 spiro atoms. The molecule has 2 N–H and O–H groups in total. The molecule has 1 aliphatic rings. The third-order valence-electron chi connectivity index (χ3n) is 3.29. The maximum absolute atomic E-state index is 11.9. The van der Waals surface area contributed by atoms with E-state index in [4.69, 9.17) is 0 Å². The van der Waals surface area contributed by atoms with Gasteiger partial charge in [-0.05, 0) is 50.1 Å². The van der Waals surface area contributed by atoms with Gasteiger partial charge in [-0.1, -0.05) is 15.9 Å². The number of amides is 1. The molecule has 1 aromatic rings. The van der Waals surface area contributed by atoms with Gasteiger partial charge in [0, 0.05) is 16.7 Å². The van der Waals surface area contributed by atoms with E-state index in [1.54, 1.807) is 0 Å². The van der Waals surface area contributed by atoms with Crippen LogP contribution in [0.1, 0.15) is 18.4 Å². The lowest BCUT2D eigenvalue weighted by Crippen LogP contribution is -2.42. The number of nitrogens with zero attached hydrogens (tertiary/aromatic N) is 1. The summed E-state index contributed by atoms with van der Waals surface area (Å²) in [4.78, 5) is 13.9. The van der Waals surface area contributed by atoms with Crippen molar-refractivity contribution in [1.82, 2.24) is 4.90 Å². The fourth-order valence-corrected chi connectivity index (χ4v) is 2.55. The Bertz CT molecular complexity index is 465. The summed E-state index contributed by atoms with van der Waals surface area (Å²) >= 11 is 3.43. The van der Waals surface area contributed by atoms with E-state index in [0.717, 1.165) is 35.1 Å². The van der Waals surface area contributed by atoms with Gasteiger partial charge in [0.1, 0.15) is 0 Å². The van der Waals surface area contributed by atoms with Crippen molar-refractivity contribution in [3.63, 3.8) is 0 Å². The van der Waals surface area contributed by atoms with Crippen LogP contribution in [-0.2, 0) is 4.79 Å². The third kappa shape index (κ3) is 4.30. The Morgan fingerprint density at radius 3 is 3.05 bits per heavy atom. The van der Waals surface area contributed by atoms with Gasteiger partial charge in [-0.25, -0.2) is 0 Å². The molecular weight excluding hydrogens is 308 g/mol. The lowest BCUT2D eigenvalue weighted by molar-refractivity contribution is -0.118. The fraction of sp³-hybridized carbons (Fsp3) is 0.500. The first-order chi connectivity index (χ1) is 9.04. The topological polar surface area (TPSA) is 52.6 Å². The van der Waals surface area contributed by atoms with Crippen LogP contribution >= 0.6 is 15.9 Å². The summed E-state index contributed by atoms with van der Waals surface area (Å²) in [6, 6.07) is 5.74. The van der Waals surface area contributed by atoms with Crippen molar-refractivity contribution >= 4 is 27.5 Å². The van der Waals surface area contributed by atoms with Crippen LogP contribution in [0.3, 0.4) is 0 Å². The van der Waals surface area contributed by atoms with Gasteiger partial charge in [-0.3, -0.25) is 9.69 Å². The molecule has 2 rings (SSSR count). The van der Waals surface area contributed by atoms with Gasteiger partial charge in [-0.15, -0.1) is 0 Å². The Hall–Kier alpha value is -0.910. The monoisotopic (exact) mass is 326 g/mol. The van der Waals surface area contributed by atoms with Crippen LogP contribution in [0, 0.1) is 6.92 Å². The van der Waals surface area contributed by atoms with Crippen molar-refractivity contribution in [2.75, 3.05) is 25.0 Å². The first kappa shape index (κ1) is 14.5. The number of carbonyl (C=O) groups excluding carboxylic acids is 1. The molecule has 1 amide bonds. The number of hydrogen-bond acceptors (Lipinski definition) is 3. The molecule has 0 radical (unpaired) electrons. The number of β-amino-alcohol motifs (C(OH)–C–C–N with tert-alkyl or cyclic N) is 1. The molecule has 4 nitrogen and oxygen atoms in total. The van der Waals surface area contributed by atoms with Crippen LogP contribution < -0.4 is 5.32 Å². The van der Waals surface area contributed by atoms with Crippen LogP contribution in [0.2, 0.25) is 0 Å². The molecule has 1 heterocycles. The maximum atomic E-state index is 11.9. The Balaban J connectivity index is 1.88. The number of piperidine rings is 1. The van der Waals surface area contributed by atoms with Gasteiger partial charge in [-0.2, -0.15) is 0 Å². The van der Waals surface area contributed by atoms with E-state index in [-0.39, 0.29) is 12.0 Å². The highest BCUT2D eigenvalue weighted by molar-refractivity contribution is 9.10. The molecule has 0 bridgehead atoms. The van der Waals surface area contributed by atoms with Crippen LogP contribution in [0.4, 0.5) is 5.69 Å². The lowest BCUT2D eigenvalue weighted by Gasteiger charge is -2.29. The average molecular weight is 327 g/mol. The molecule has 1 aromatic carbocycles. The number of aliphatic hydroxyl groups is 1. The molecule has 1 aliphatic heterocycles. The summed E-state index contributed by atoms with van der Waals surface area (Å²) in [7, 11) is 0. The smallest absolute Gasteiger partial charge is 0.238 e. The van der Waals surface area contributed by atoms with Crippen molar-refractivity contribution in [1.29, 1.82) is 0 Å². The van der Waals surface area contributed by atoms with Gasteiger partial charge in [0.15, 0.2) is 0 Å². The van der Waals surface area contributed by atoms with Crippen LogP contribution in [-0.4, -0.2) is 41.7 Å². The minimum Gasteiger partial charge on any atom is -0.392 e. The van der Waals surface area contributed by atoms with E-state index in [9.17, 15) is 9.90 Å². The zero-order valence-corrected chi connectivity index (χ0v) is 12.6. The number of benzene rings is 1. The molecule has 5 heteroatoms. The second kappa shape index (κ2) is 6.50. The summed E-state index contributed by atoms with van der Waals surface area (Å²) in [5, 5.41) is 12.5. The molecule has 0 aromatic heterocycles. The van der Waals surface area contributed by atoms with E-state index < -0.39 is 0 Å². The van der Waals surface area contributed by atoms with Crippen molar-refractivity contribution in [2.45, 2.75) is 25.9 Å². The SMILES string of the molecule is Cc1cc(NC(=O)CN2CCC[C@H](O)C2)ccc1Br. The van der Waals surface area contributed by atoms with Crippen molar-refractivity contribution in [3.8, 4) is 0 Å². The molecule has 1 atom stereocenters. The third-order valence-corrected chi connectivity index (χ3v) is 4.18. The van der Waals surface area contributed by atoms with Gasteiger partial charge >= 0.3 is 0 Å². The summed E-state index contributed by atoms with van der Waals surface area (Å²) in [5.74, 6) is -0.0316. The summed E-state index contributed by atoms with van der Waals surface area (Å²) in [5.41, 5.74) is 1.90. The minimum absolute atomic E-state index is 0.0316. The number of anilines is 1. The van der Waals surface area contributed by atoms with Gasteiger partial charge in [0.05, 0.1) is 12.6 Å². The molecule has 104 valence electrons. The van der Waals surface area contributed by atoms with Gasteiger partial charge < -0.3 is 10.4 Å². The number of hydrogen-bond donors (Lipinski definition) is 2. The lowest BCUT2D eigenvalue weighted by atomic mass is 10.1. The first-order valence-corrected chi connectivity index (χ1v) is 7.30. The van der Waals surface area contributed by atoms with E-state index in [0.29, 0.717) is 13.1 Å². The van der Waals surface area contributed by atoms with E-state index in [1.165, 1.54) is 0 Å². The number of likely N-dealkylation sites (tertiary alicyclic amines) is 1. The van der Waals surface area contributed by atoms with E-state index >= 15 is 0 Å². The van der Waals surface area contributed by atoms with Crippen molar-refractivity contribution in [3.05, 3.63) is 28.2 Å². The molecule has 0 saturated carbocycles. The number of aryl methyl sites for hydroxylation is 1. The Morgan fingerprint density at radius 1 is 1.58 bits per heavy atom. The summed E-state index contributed by atoms with van der Waals surface area (Å²) in [6.07, 6.45) is 1.49.